The van der Waals surface area contributed by atoms with Crippen molar-refractivity contribution in [3.8, 4) is 5.75 Å². The van der Waals surface area contributed by atoms with Crippen molar-refractivity contribution in [2.75, 3.05) is 46.9 Å². The molecule has 2 saturated heterocycles. The topological polar surface area (TPSA) is 69.2 Å². The van der Waals surface area contributed by atoms with Gasteiger partial charge in [-0.25, -0.2) is 0 Å². The molecule has 0 bridgehead atoms. The van der Waals surface area contributed by atoms with Gasteiger partial charge in [0.15, 0.2) is 5.96 Å². The van der Waals surface area contributed by atoms with E-state index in [9.17, 15) is 4.79 Å². The van der Waals surface area contributed by atoms with E-state index in [0.717, 1.165) is 57.4 Å². The third kappa shape index (κ3) is 6.86. The quantitative estimate of drug-likeness (QED) is 0.514. The average Bonchev–Trinajstić information content (AvgIpc) is 3.26. The number of hydrogen-bond donors (Lipinski definition) is 2. The van der Waals surface area contributed by atoms with Crippen LogP contribution in [0.3, 0.4) is 0 Å². The Morgan fingerprint density at radius 3 is 2.48 bits per heavy atom. The zero-order valence-corrected chi connectivity index (χ0v) is 19.6. The molecule has 1 amide bonds. The fourth-order valence-electron chi connectivity index (χ4n) is 4.41. The lowest BCUT2D eigenvalue weighted by atomic mass is 9.96. The monoisotopic (exact) mass is 429 g/mol. The highest BCUT2D eigenvalue weighted by Crippen LogP contribution is 2.20. The van der Waals surface area contributed by atoms with Crippen LogP contribution in [-0.4, -0.2) is 74.6 Å². The summed E-state index contributed by atoms with van der Waals surface area (Å²) in [6, 6.07) is 8.65. The molecule has 172 valence electrons. The van der Waals surface area contributed by atoms with E-state index in [-0.39, 0.29) is 17.9 Å². The summed E-state index contributed by atoms with van der Waals surface area (Å²) in [6.45, 7) is 9.72. The van der Waals surface area contributed by atoms with Crippen molar-refractivity contribution in [2.24, 2.45) is 16.8 Å². The van der Waals surface area contributed by atoms with Crippen LogP contribution >= 0.6 is 0 Å². The molecule has 0 radical (unpaired) electrons. The second kappa shape index (κ2) is 11.4. The normalized spacial score (nSPS) is 20.9. The van der Waals surface area contributed by atoms with E-state index in [4.69, 9.17) is 4.74 Å². The Bertz CT molecular complexity index is 726. The second-order valence-electron chi connectivity index (χ2n) is 9.09. The van der Waals surface area contributed by atoms with E-state index in [0.29, 0.717) is 5.92 Å². The van der Waals surface area contributed by atoms with Crippen molar-refractivity contribution < 1.29 is 9.53 Å². The van der Waals surface area contributed by atoms with Gasteiger partial charge in [0, 0.05) is 45.2 Å². The Morgan fingerprint density at radius 2 is 1.87 bits per heavy atom. The molecule has 0 spiro atoms. The number of carbonyl (C=O) groups excluding carboxylic acids is 1. The number of guanidine groups is 1. The molecule has 0 aromatic heterocycles. The first-order chi connectivity index (χ1) is 15.0. The van der Waals surface area contributed by atoms with Gasteiger partial charge in [0.05, 0.1) is 7.11 Å². The molecular weight excluding hydrogens is 390 g/mol. The van der Waals surface area contributed by atoms with Gasteiger partial charge in [-0.15, -0.1) is 0 Å². The maximum atomic E-state index is 12.2. The number of rotatable bonds is 7. The van der Waals surface area contributed by atoms with Gasteiger partial charge in [0.25, 0.3) is 0 Å². The van der Waals surface area contributed by atoms with Gasteiger partial charge < -0.3 is 20.3 Å². The molecule has 0 aliphatic carbocycles. The summed E-state index contributed by atoms with van der Waals surface area (Å²) in [5.41, 5.74) is 1.34. The lowest BCUT2D eigenvalue weighted by Crippen LogP contribution is -2.47. The predicted octanol–water partition coefficient (Wildman–Crippen LogP) is 2.33. The maximum Gasteiger partial charge on any atom is 0.225 e. The number of methoxy groups -OCH3 is 1. The number of nitrogens with zero attached hydrogens (tertiary/aromatic N) is 3. The summed E-state index contributed by atoms with van der Waals surface area (Å²) in [4.78, 5) is 21.1. The molecule has 2 aliphatic heterocycles. The summed E-state index contributed by atoms with van der Waals surface area (Å²) >= 11 is 0. The van der Waals surface area contributed by atoms with E-state index >= 15 is 0 Å². The lowest BCUT2D eigenvalue weighted by molar-refractivity contribution is -0.133. The summed E-state index contributed by atoms with van der Waals surface area (Å²) in [6.07, 6.45) is 3.36. The minimum Gasteiger partial charge on any atom is -0.497 e. The van der Waals surface area contributed by atoms with Crippen molar-refractivity contribution in [1.29, 1.82) is 0 Å². The molecule has 2 N–H and O–H groups in total. The van der Waals surface area contributed by atoms with Crippen molar-refractivity contribution in [3.05, 3.63) is 29.8 Å². The van der Waals surface area contributed by atoms with E-state index in [1.807, 2.05) is 37.9 Å². The molecule has 2 fully saturated rings. The van der Waals surface area contributed by atoms with Crippen LogP contribution < -0.4 is 15.4 Å². The molecular formula is C24H39N5O2. The molecule has 7 nitrogen and oxygen atoms in total. The van der Waals surface area contributed by atoms with Crippen molar-refractivity contribution in [3.63, 3.8) is 0 Å². The van der Waals surface area contributed by atoms with Crippen LogP contribution in [0.15, 0.2) is 29.3 Å². The molecule has 1 unspecified atom stereocenters. The summed E-state index contributed by atoms with van der Waals surface area (Å²) in [5.74, 6) is 2.73. The number of amides is 1. The number of ether oxygens (including phenoxy) is 1. The Morgan fingerprint density at radius 1 is 1.16 bits per heavy atom. The Balaban J connectivity index is 1.36. The average molecular weight is 430 g/mol. The molecule has 1 atom stereocenters. The zero-order chi connectivity index (χ0) is 22.2. The van der Waals surface area contributed by atoms with Gasteiger partial charge in [0.1, 0.15) is 5.75 Å². The third-order valence-electron chi connectivity index (χ3n) is 6.39. The molecule has 31 heavy (non-hydrogen) atoms. The van der Waals surface area contributed by atoms with Gasteiger partial charge >= 0.3 is 0 Å². The number of benzene rings is 1. The Kier molecular flexibility index (Phi) is 8.58. The molecule has 1 aromatic rings. The highest BCUT2D eigenvalue weighted by molar-refractivity contribution is 5.81. The highest BCUT2D eigenvalue weighted by atomic mass is 16.5. The summed E-state index contributed by atoms with van der Waals surface area (Å²) < 4.78 is 5.24. The number of hydrogen-bond acceptors (Lipinski definition) is 4. The zero-order valence-electron chi connectivity index (χ0n) is 19.6. The van der Waals surface area contributed by atoms with Crippen LogP contribution in [0.5, 0.6) is 5.75 Å². The number of piperidine rings is 1. The largest absolute Gasteiger partial charge is 0.497 e. The summed E-state index contributed by atoms with van der Waals surface area (Å²) in [7, 11) is 3.52. The van der Waals surface area contributed by atoms with Gasteiger partial charge in [-0.3, -0.25) is 14.7 Å². The standard InChI is InChI=1S/C24H39N5O2/c1-18(2)23(30)29-14-11-21(17-29)27-24(25-3)26-15-19-9-12-28(13-10-19)16-20-5-7-22(31-4)8-6-20/h5-8,18-19,21H,9-17H2,1-4H3,(H2,25,26,27). The van der Waals surface area contributed by atoms with Crippen LogP contribution in [0.25, 0.3) is 0 Å². The third-order valence-corrected chi connectivity index (χ3v) is 6.39. The minimum atomic E-state index is 0.0618. The van der Waals surface area contributed by atoms with E-state index < -0.39 is 0 Å². The molecule has 3 rings (SSSR count). The maximum absolute atomic E-state index is 12.2. The van der Waals surface area contributed by atoms with E-state index in [1.54, 1.807) is 7.11 Å². The van der Waals surface area contributed by atoms with Gasteiger partial charge in [-0.05, 0) is 56.0 Å². The van der Waals surface area contributed by atoms with Crippen LogP contribution in [0, 0.1) is 11.8 Å². The van der Waals surface area contributed by atoms with Gasteiger partial charge in [0.2, 0.25) is 5.91 Å². The van der Waals surface area contributed by atoms with Crippen molar-refractivity contribution in [2.45, 2.75) is 45.7 Å². The van der Waals surface area contributed by atoms with Crippen molar-refractivity contribution in [1.82, 2.24) is 20.4 Å². The van der Waals surface area contributed by atoms with E-state index in [1.165, 1.54) is 18.4 Å². The number of carbonyl (C=O) groups is 1. The fourth-order valence-corrected chi connectivity index (χ4v) is 4.41. The first-order valence-corrected chi connectivity index (χ1v) is 11.6. The number of nitrogens with one attached hydrogen (secondary N) is 2. The van der Waals surface area contributed by atoms with Crippen LogP contribution in [0.2, 0.25) is 0 Å². The van der Waals surface area contributed by atoms with Gasteiger partial charge in [-0.1, -0.05) is 26.0 Å². The molecule has 7 heteroatoms. The van der Waals surface area contributed by atoms with Crippen molar-refractivity contribution >= 4 is 11.9 Å². The number of aliphatic imine (C=N–C) groups is 1. The first kappa shape index (κ1) is 23.4. The molecule has 2 aliphatic rings. The lowest BCUT2D eigenvalue weighted by Gasteiger charge is -2.32. The smallest absolute Gasteiger partial charge is 0.225 e. The van der Waals surface area contributed by atoms with Crippen LogP contribution in [0.1, 0.15) is 38.7 Å². The van der Waals surface area contributed by atoms with Crippen LogP contribution in [0.4, 0.5) is 0 Å². The second-order valence-corrected chi connectivity index (χ2v) is 9.09. The number of likely N-dealkylation sites (tertiary alicyclic amines) is 2. The Labute approximate surface area is 187 Å². The van der Waals surface area contributed by atoms with E-state index in [2.05, 4.69) is 32.7 Å². The summed E-state index contributed by atoms with van der Waals surface area (Å²) in [5, 5.41) is 7.02. The van der Waals surface area contributed by atoms with Gasteiger partial charge in [-0.2, -0.15) is 0 Å². The fraction of sp³-hybridized carbons (Fsp3) is 0.667. The Hall–Kier alpha value is -2.28. The highest BCUT2D eigenvalue weighted by Gasteiger charge is 2.28. The first-order valence-electron chi connectivity index (χ1n) is 11.6. The van der Waals surface area contributed by atoms with Crippen LogP contribution in [-0.2, 0) is 11.3 Å². The molecule has 1 aromatic carbocycles. The SMILES string of the molecule is CN=C(NCC1CCN(Cc2ccc(OC)cc2)CC1)NC1CCN(C(=O)C(C)C)C1. The minimum absolute atomic E-state index is 0.0618. The molecule has 2 heterocycles. The predicted molar refractivity (Wildman–Crippen MR) is 125 cm³/mol. The molecule has 0 saturated carbocycles.